The Bertz CT molecular complexity index is 1220. The molecule has 8 nitrogen and oxygen atoms in total. The van der Waals surface area contributed by atoms with Crippen molar-refractivity contribution in [2.24, 2.45) is 0 Å². The molecule has 0 bridgehead atoms. The summed E-state index contributed by atoms with van der Waals surface area (Å²) in [4.78, 5) is 12.5. The molecule has 31 heavy (non-hydrogen) atoms. The minimum absolute atomic E-state index is 0.129. The van der Waals surface area contributed by atoms with Gasteiger partial charge in [-0.2, -0.15) is 0 Å². The molecule has 0 saturated heterocycles. The number of carbonyl (C=O) groups is 1. The Balaban J connectivity index is 1.40. The number of fused-ring (bicyclic) bond motifs is 1. The summed E-state index contributed by atoms with van der Waals surface area (Å²) >= 11 is 0. The fourth-order valence-electron chi connectivity index (χ4n) is 3.37. The summed E-state index contributed by atoms with van der Waals surface area (Å²) in [5.41, 5.74) is 2.98. The topological polar surface area (TPSA) is 102 Å². The Labute approximate surface area is 180 Å². The van der Waals surface area contributed by atoms with Gasteiger partial charge in [0.05, 0.1) is 11.4 Å². The number of rotatable bonds is 6. The van der Waals surface area contributed by atoms with Gasteiger partial charge in [-0.1, -0.05) is 5.16 Å². The zero-order chi connectivity index (χ0) is 22.2. The lowest BCUT2D eigenvalue weighted by molar-refractivity contribution is 0.0950. The Kier molecular flexibility index (Phi) is 5.55. The molecule has 1 aliphatic rings. The van der Waals surface area contributed by atoms with Gasteiger partial charge in [-0.3, -0.25) is 4.79 Å². The van der Waals surface area contributed by atoms with Crippen LogP contribution in [0.15, 0.2) is 57.9 Å². The van der Waals surface area contributed by atoms with Gasteiger partial charge in [0.15, 0.2) is 5.76 Å². The first-order valence-electron chi connectivity index (χ1n) is 9.80. The molecule has 0 spiro atoms. The molecule has 162 valence electrons. The van der Waals surface area contributed by atoms with Crippen molar-refractivity contribution < 1.29 is 22.5 Å². The van der Waals surface area contributed by atoms with Crippen molar-refractivity contribution in [3.05, 3.63) is 65.4 Å². The first-order valence-corrected chi connectivity index (χ1v) is 11.2. The van der Waals surface area contributed by atoms with Crippen LogP contribution in [0.4, 0.5) is 0 Å². The molecular weight excluding hydrogens is 418 g/mol. The van der Waals surface area contributed by atoms with E-state index in [1.807, 2.05) is 25.1 Å². The van der Waals surface area contributed by atoms with Gasteiger partial charge in [0, 0.05) is 37.7 Å². The predicted molar refractivity (Wildman–Crippen MR) is 114 cm³/mol. The Morgan fingerprint density at radius 1 is 1.16 bits per heavy atom. The lowest BCUT2D eigenvalue weighted by atomic mass is 10.1. The normalized spacial score (nSPS) is 15.5. The van der Waals surface area contributed by atoms with E-state index in [-0.39, 0.29) is 23.5 Å². The van der Waals surface area contributed by atoms with E-state index in [0.717, 1.165) is 27.6 Å². The van der Waals surface area contributed by atoms with E-state index in [1.165, 1.54) is 38.4 Å². The molecule has 0 radical (unpaired) electrons. The fraction of sp³-hybridized carbons (Fsp3) is 0.273. The van der Waals surface area contributed by atoms with Crippen LogP contribution in [-0.4, -0.2) is 44.0 Å². The molecule has 1 N–H and O–H groups in total. The highest BCUT2D eigenvalue weighted by Gasteiger charge is 2.20. The van der Waals surface area contributed by atoms with Crippen LogP contribution in [0.1, 0.15) is 28.5 Å². The van der Waals surface area contributed by atoms with E-state index in [4.69, 9.17) is 9.26 Å². The van der Waals surface area contributed by atoms with E-state index in [2.05, 4.69) is 10.5 Å². The van der Waals surface area contributed by atoms with E-state index < -0.39 is 10.0 Å². The Hall–Kier alpha value is -3.17. The van der Waals surface area contributed by atoms with Gasteiger partial charge < -0.3 is 14.6 Å². The highest BCUT2D eigenvalue weighted by molar-refractivity contribution is 7.89. The molecule has 1 unspecified atom stereocenters. The maximum Gasteiger partial charge on any atom is 0.251 e. The number of sulfonamides is 1. The molecule has 1 atom stereocenters. The number of nitrogens with one attached hydrogen (secondary N) is 1. The number of nitrogens with zero attached hydrogens (tertiary/aromatic N) is 2. The fourth-order valence-corrected chi connectivity index (χ4v) is 4.27. The summed E-state index contributed by atoms with van der Waals surface area (Å²) < 4.78 is 36.5. The molecule has 2 heterocycles. The van der Waals surface area contributed by atoms with E-state index in [0.29, 0.717) is 17.0 Å². The minimum atomic E-state index is -3.53. The SMILES string of the molecule is CC1Cc2cc(-c3cc(CNC(=O)c4ccc(S(=O)(=O)N(C)C)cc4)no3)ccc2O1. The lowest BCUT2D eigenvalue weighted by Gasteiger charge is -2.11. The molecule has 1 amide bonds. The van der Waals surface area contributed by atoms with Gasteiger partial charge in [-0.15, -0.1) is 0 Å². The third-order valence-corrected chi connectivity index (χ3v) is 6.89. The number of benzene rings is 2. The van der Waals surface area contributed by atoms with Gasteiger partial charge in [0.25, 0.3) is 5.91 Å². The largest absolute Gasteiger partial charge is 0.490 e. The Morgan fingerprint density at radius 2 is 1.90 bits per heavy atom. The summed E-state index contributed by atoms with van der Waals surface area (Å²) in [6.07, 6.45) is 1.03. The summed E-state index contributed by atoms with van der Waals surface area (Å²) in [6.45, 7) is 2.22. The number of amides is 1. The van der Waals surface area contributed by atoms with Crippen LogP contribution in [0.5, 0.6) is 5.75 Å². The molecule has 2 aromatic carbocycles. The molecule has 0 aliphatic carbocycles. The summed E-state index contributed by atoms with van der Waals surface area (Å²) in [7, 11) is -0.619. The highest BCUT2D eigenvalue weighted by Crippen LogP contribution is 2.33. The number of hydrogen-bond acceptors (Lipinski definition) is 6. The van der Waals surface area contributed by atoms with E-state index >= 15 is 0 Å². The van der Waals surface area contributed by atoms with Crippen molar-refractivity contribution in [3.63, 3.8) is 0 Å². The first-order chi connectivity index (χ1) is 14.7. The van der Waals surface area contributed by atoms with Crippen LogP contribution in [-0.2, 0) is 23.0 Å². The average Bonchev–Trinajstić information content (AvgIpc) is 3.37. The van der Waals surface area contributed by atoms with Gasteiger partial charge in [-0.25, -0.2) is 12.7 Å². The number of carbonyl (C=O) groups excluding carboxylic acids is 1. The van der Waals surface area contributed by atoms with Gasteiger partial charge in [0.1, 0.15) is 17.5 Å². The van der Waals surface area contributed by atoms with Crippen LogP contribution in [0.3, 0.4) is 0 Å². The van der Waals surface area contributed by atoms with Gasteiger partial charge in [0.2, 0.25) is 10.0 Å². The van der Waals surface area contributed by atoms with Crippen molar-refractivity contribution in [3.8, 4) is 17.1 Å². The molecule has 9 heteroatoms. The molecular formula is C22H23N3O5S. The summed E-state index contributed by atoms with van der Waals surface area (Å²) in [5.74, 6) is 1.18. The first kappa shape index (κ1) is 21.1. The molecule has 1 aliphatic heterocycles. The highest BCUT2D eigenvalue weighted by atomic mass is 32.2. The van der Waals surface area contributed by atoms with Crippen molar-refractivity contribution in [2.75, 3.05) is 14.1 Å². The maximum absolute atomic E-state index is 12.4. The quantitative estimate of drug-likeness (QED) is 0.631. The third kappa shape index (κ3) is 4.33. The van der Waals surface area contributed by atoms with Crippen molar-refractivity contribution in [1.82, 2.24) is 14.8 Å². The molecule has 1 aromatic heterocycles. The average molecular weight is 442 g/mol. The zero-order valence-corrected chi connectivity index (χ0v) is 18.3. The van der Waals surface area contributed by atoms with Crippen molar-refractivity contribution in [1.29, 1.82) is 0 Å². The molecule has 4 rings (SSSR count). The predicted octanol–water partition coefficient (Wildman–Crippen LogP) is 2.85. The van der Waals surface area contributed by atoms with Crippen LogP contribution in [0, 0.1) is 0 Å². The number of aromatic nitrogens is 1. The van der Waals surface area contributed by atoms with Crippen LogP contribution >= 0.6 is 0 Å². The second kappa shape index (κ2) is 8.16. The van der Waals surface area contributed by atoms with E-state index in [1.54, 1.807) is 6.07 Å². The molecule has 0 fully saturated rings. The van der Waals surface area contributed by atoms with Crippen molar-refractivity contribution >= 4 is 15.9 Å². The molecule has 0 saturated carbocycles. The second-order valence-corrected chi connectivity index (χ2v) is 9.78. The molecule has 3 aromatic rings. The van der Waals surface area contributed by atoms with Crippen LogP contribution < -0.4 is 10.1 Å². The Morgan fingerprint density at radius 3 is 2.61 bits per heavy atom. The smallest absolute Gasteiger partial charge is 0.251 e. The number of ether oxygens (including phenoxy) is 1. The maximum atomic E-state index is 12.4. The van der Waals surface area contributed by atoms with Crippen LogP contribution in [0.2, 0.25) is 0 Å². The van der Waals surface area contributed by atoms with E-state index in [9.17, 15) is 13.2 Å². The standard InChI is InChI=1S/C22H23N3O5S/c1-14-10-17-11-16(6-9-20(17)29-14)21-12-18(24-30-21)13-23-22(26)15-4-7-19(8-5-15)31(27,28)25(2)3/h4-9,11-12,14H,10,13H2,1-3H3,(H,23,26). The number of hydrogen-bond donors (Lipinski definition) is 1. The lowest BCUT2D eigenvalue weighted by Crippen LogP contribution is -2.24. The second-order valence-electron chi connectivity index (χ2n) is 7.63. The van der Waals surface area contributed by atoms with Crippen LogP contribution in [0.25, 0.3) is 11.3 Å². The minimum Gasteiger partial charge on any atom is -0.490 e. The monoisotopic (exact) mass is 441 g/mol. The summed E-state index contributed by atoms with van der Waals surface area (Å²) in [5, 5.41) is 6.79. The third-order valence-electron chi connectivity index (χ3n) is 5.06. The zero-order valence-electron chi connectivity index (χ0n) is 17.5. The van der Waals surface area contributed by atoms with Crippen molar-refractivity contribution in [2.45, 2.75) is 30.9 Å². The summed E-state index contributed by atoms with van der Waals surface area (Å²) in [6, 6.07) is 13.5. The van der Waals surface area contributed by atoms with Gasteiger partial charge in [-0.05, 0) is 55.0 Å². The van der Waals surface area contributed by atoms with Gasteiger partial charge >= 0.3 is 0 Å².